The number of nitrogens with two attached hydrogens (primary N) is 1. The van der Waals surface area contributed by atoms with Crippen molar-refractivity contribution in [1.82, 2.24) is 4.72 Å². The lowest BCUT2D eigenvalue weighted by Crippen LogP contribution is -2.52. The highest BCUT2D eigenvalue weighted by Gasteiger charge is 2.32. The Morgan fingerprint density at radius 3 is 2.33 bits per heavy atom. The maximum absolute atomic E-state index is 12.4. The van der Waals surface area contributed by atoms with Crippen molar-refractivity contribution >= 4 is 21.9 Å². The molecule has 0 aliphatic rings. The van der Waals surface area contributed by atoms with Gasteiger partial charge in [0, 0.05) is 0 Å². The Morgan fingerprint density at radius 2 is 1.90 bits per heavy atom. The Labute approximate surface area is 123 Å². The van der Waals surface area contributed by atoms with Crippen LogP contribution in [0.3, 0.4) is 0 Å². The van der Waals surface area contributed by atoms with E-state index in [9.17, 15) is 18.0 Å². The van der Waals surface area contributed by atoms with Crippen LogP contribution in [0.25, 0.3) is 0 Å². The molecular weight excluding hydrogens is 296 g/mol. The fourth-order valence-corrected chi connectivity index (χ4v) is 3.39. The first-order chi connectivity index (χ1) is 9.51. The van der Waals surface area contributed by atoms with Gasteiger partial charge in [0.1, 0.15) is 5.54 Å². The van der Waals surface area contributed by atoms with Crippen LogP contribution in [-0.4, -0.2) is 30.9 Å². The summed E-state index contributed by atoms with van der Waals surface area (Å²) in [5.41, 5.74) is 3.96. The number of hydrogen-bond donors (Lipinski definition) is 3. The number of sulfonamides is 1. The molecular formula is C13H18N2O5S. The zero-order chi connectivity index (χ0) is 16.4. The number of carbonyl (C=O) groups is 2. The Kier molecular flexibility index (Phi) is 4.75. The monoisotopic (exact) mass is 314 g/mol. The summed E-state index contributed by atoms with van der Waals surface area (Å²) in [4.78, 5) is 22.1. The number of carboxylic acids is 1. The van der Waals surface area contributed by atoms with Gasteiger partial charge in [-0.25, -0.2) is 13.2 Å². The lowest BCUT2D eigenvalue weighted by molar-refractivity contribution is -0.122. The summed E-state index contributed by atoms with van der Waals surface area (Å²) in [6.07, 6.45) is 0.396. The maximum atomic E-state index is 12.4. The number of rotatable bonds is 6. The molecule has 0 spiro atoms. The van der Waals surface area contributed by atoms with Gasteiger partial charge >= 0.3 is 5.97 Å². The number of benzene rings is 1. The lowest BCUT2D eigenvalue weighted by Gasteiger charge is -2.23. The van der Waals surface area contributed by atoms with Gasteiger partial charge in [-0.2, -0.15) is 4.72 Å². The topological polar surface area (TPSA) is 127 Å². The van der Waals surface area contributed by atoms with Crippen LogP contribution in [0.2, 0.25) is 0 Å². The van der Waals surface area contributed by atoms with Crippen molar-refractivity contribution < 1.29 is 23.1 Å². The highest BCUT2D eigenvalue weighted by atomic mass is 32.2. The van der Waals surface area contributed by atoms with Gasteiger partial charge < -0.3 is 10.8 Å². The zero-order valence-corrected chi connectivity index (χ0v) is 12.8. The quantitative estimate of drug-likeness (QED) is 0.704. The summed E-state index contributed by atoms with van der Waals surface area (Å²) in [7, 11) is -4.08. The standard InChI is InChI=1S/C13H18N2O5S/c1-4-8-5-6-9(11(16)17)7-10(8)21(19,20)15-13(2,3)12(14)18/h5-7,15H,4H2,1-3H3,(H2,14,18)(H,16,17). The van der Waals surface area contributed by atoms with E-state index in [1.165, 1.54) is 26.0 Å². The summed E-state index contributed by atoms with van der Waals surface area (Å²) >= 11 is 0. The predicted octanol–water partition coefficient (Wildman–Crippen LogP) is 0.489. The van der Waals surface area contributed by atoms with E-state index >= 15 is 0 Å². The van der Waals surface area contributed by atoms with Gasteiger partial charge in [0.25, 0.3) is 0 Å². The van der Waals surface area contributed by atoms with Crippen LogP contribution in [0, 0.1) is 0 Å². The van der Waals surface area contributed by atoms with E-state index in [0.29, 0.717) is 12.0 Å². The number of primary amides is 1. The molecule has 0 radical (unpaired) electrons. The van der Waals surface area contributed by atoms with Crippen LogP contribution < -0.4 is 10.5 Å². The Morgan fingerprint density at radius 1 is 1.33 bits per heavy atom. The van der Waals surface area contributed by atoms with Crippen LogP contribution in [-0.2, 0) is 21.2 Å². The summed E-state index contributed by atoms with van der Waals surface area (Å²) in [6.45, 7) is 4.41. The third kappa shape index (κ3) is 3.79. The molecule has 1 amide bonds. The van der Waals surface area contributed by atoms with Crippen molar-refractivity contribution in [3.63, 3.8) is 0 Å². The molecule has 7 nitrogen and oxygen atoms in total. The third-order valence-electron chi connectivity index (χ3n) is 2.99. The zero-order valence-electron chi connectivity index (χ0n) is 12.0. The predicted molar refractivity (Wildman–Crippen MR) is 76.4 cm³/mol. The van der Waals surface area contributed by atoms with Crippen molar-refractivity contribution in [3.05, 3.63) is 29.3 Å². The minimum absolute atomic E-state index is 0.149. The van der Waals surface area contributed by atoms with Crippen molar-refractivity contribution in [2.45, 2.75) is 37.6 Å². The number of amides is 1. The van der Waals surface area contributed by atoms with Crippen LogP contribution in [0.4, 0.5) is 0 Å². The van der Waals surface area contributed by atoms with Gasteiger partial charge in [0.15, 0.2) is 0 Å². The summed E-state index contributed by atoms with van der Waals surface area (Å²) in [6, 6.07) is 3.84. The minimum atomic E-state index is -4.08. The molecule has 0 aromatic heterocycles. The number of hydrogen-bond acceptors (Lipinski definition) is 4. The van der Waals surface area contributed by atoms with Crippen molar-refractivity contribution in [2.24, 2.45) is 5.73 Å². The average Bonchev–Trinajstić information content (AvgIpc) is 2.36. The van der Waals surface area contributed by atoms with Crippen LogP contribution in [0.5, 0.6) is 0 Å². The van der Waals surface area contributed by atoms with E-state index in [4.69, 9.17) is 10.8 Å². The van der Waals surface area contributed by atoms with E-state index in [-0.39, 0.29) is 10.5 Å². The fraction of sp³-hybridized carbons (Fsp3) is 0.385. The molecule has 0 unspecified atom stereocenters. The lowest BCUT2D eigenvalue weighted by atomic mass is 10.1. The molecule has 4 N–H and O–H groups in total. The Balaban J connectivity index is 3.39. The van der Waals surface area contributed by atoms with E-state index in [0.717, 1.165) is 6.07 Å². The average molecular weight is 314 g/mol. The van der Waals surface area contributed by atoms with Crippen LogP contribution in [0.1, 0.15) is 36.7 Å². The molecule has 0 aliphatic heterocycles. The molecule has 21 heavy (non-hydrogen) atoms. The first kappa shape index (κ1) is 17.1. The van der Waals surface area contributed by atoms with E-state index in [1.807, 2.05) is 0 Å². The van der Waals surface area contributed by atoms with Gasteiger partial charge in [-0.3, -0.25) is 4.79 Å². The second kappa shape index (κ2) is 5.82. The SMILES string of the molecule is CCc1ccc(C(=O)O)cc1S(=O)(=O)NC(C)(C)C(N)=O. The second-order valence-electron chi connectivity index (χ2n) is 5.08. The Hall–Kier alpha value is -1.93. The molecule has 8 heteroatoms. The van der Waals surface area contributed by atoms with Crippen molar-refractivity contribution in [1.29, 1.82) is 0 Å². The first-order valence-corrected chi connectivity index (χ1v) is 7.69. The normalized spacial score (nSPS) is 12.1. The third-order valence-corrected chi connectivity index (χ3v) is 4.73. The number of aryl methyl sites for hydroxylation is 1. The largest absolute Gasteiger partial charge is 0.478 e. The van der Waals surface area contributed by atoms with Crippen molar-refractivity contribution in [2.75, 3.05) is 0 Å². The van der Waals surface area contributed by atoms with Gasteiger partial charge in [0.05, 0.1) is 10.5 Å². The molecule has 1 aromatic carbocycles. The fourth-order valence-electron chi connectivity index (χ4n) is 1.67. The van der Waals surface area contributed by atoms with Crippen LogP contribution >= 0.6 is 0 Å². The minimum Gasteiger partial charge on any atom is -0.478 e. The molecule has 0 saturated heterocycles. The summed E-state index contributed by atoms with van der Waals surface area (Å²) in [5.74, 6) is -2.07. The number of aromatic carboxylic acids is 1. The van der Waals surface area contributed by atoms with E-state index in [1.54, 1.807) is 6.92 Å². The van der Waals surface area contributed by atoms with Gasteiger partial charge in [-0.1, -0.05) is 13.0 Å². The van der Waals surface area contributed by atoms with E-state index < -0.39 is 27.4 Å². The second-order valence-corrected chi connectivity index (χ2v) is 6.73. The molecule has 0 atom stereocenters. The van der Waals surface area contributed by atoms with Gasteiger partial charge in [-0.15, -0.1) is 0 Å². The highest BCUT2D eigenvalue weighted by molar-refractivity contribution is 7.89. The molecule has 1 aromatic rings. The molecule has 0 aliphatic carbocycles. The molecule has 0 saturated carbocycles. The smallest absolute Gasteiger partial charge is 0.335 e. The highest BCUT2D eigenvalue weighted by Crippen LogP contribution is 2.20. The number of nitrogens with one attached hydrogen (secondary N) is 1. The number of carboxylic acid groups (broad SMARTS) is 1. The number of carbonyl (C=O) groups excluding carboxylic acids is 1. The first-order valence-electron chi connectivity index (χ1n) is 6.21. The van der Waals surface area contributed by atoms with E-state index in [2.05, 4.69) is 4.72 Å². The Bertz CT molecular complexity index is 680. The van der Waals surface area contributed by atoms with Crippen molar-refractivity contribution in [3.8, 4) is 0 Å². The van der Waals surface area contributed by atoms with Gasteiger partial charge in [0.2, 0.25) is 15.9 Å². The van der Waals surface area contributed by atoms with Gasteiger partial charge in [-0.05, 0) is 38.0 Å². The maximum Gasteiger partial charge on any atom is 0.335 e. The molecule has 1 rings (SSSR count). The summed E-state index contributed by atoms with van der Waals surface area (Å²) < 4.78 is 27.0. The molecule has 116 valence electrons. The van der Waals surface area contributed by atoms with Crippen LogP contribution in [0.15, 0.2) is 23.1 Å². The molecule has 0 heterocycles. The molecule has 0 fully saturated rings. The molecule has 0 bridgehead atoms. The summed E-state index contributed by atoms with van der Waals surface area (Å²) in [5, 5.41) is 8.97.